The van der Waals surface area contributed by atoms with Crippen molar-refractivity contribution in [2.75, 3.05) is 18.5 Å². The van der Waals surface area contributed by atoms with Crippen LogP contribution in [0.4, 0.5) is 5.82 Å². The number of benzene rings is 1. The highest BCUT2D eigenvalue weighted by Crippen LogP contribution is 2.20. The van der Waals surface area contributed by atoms with Gasteiger partial charge >= 0.3 is 0 Å². The summed E-state index contributed by atoms with van der Waals surface area (Å²) in [5.74, 6) is 1.54. The molecule has 0 unspecified atom stereocenters. The standard InChI is InChI=1S/C16H19ClN2O2/c1-2-18-16-8-7-14(17)15(19-16)11-21-13-5-3-12(4-6-13)9-10-20/h3-8,20H,2,9-11H2,1H3,(H,18,19). The highest BCUT2D eigenvalue weighted by molar-refractivity contribution is 6.31. The molecule has 5 heteroatoms. The summed E-state index contributed by atoms with van der Waals surface area (Å²) < 4.78 is 5.70. The minimum absolute atomic E-state index is 0.150. The minimum atomic E-state index is 0.150. The summed E-state index contributed by atoms with van der Waals surface area (Å²) in [6, 6.07) is 11.3. The Morgan fingerprint density at radius 3 is 2.62 bits per heavy atom. The maximum absolute atomic E-state index is 8.88. The summed E-state index contributed by atoms with van der Waals surface area (Å²) in [6.07, 6.45) is 0.651. The van der Waals surface area contributed by atoms with Crippen molar-refractivity contribution in [3.8, 4) is 5.75 Å². The average Bonchev–Trinajstić information content (AvgIpc) is 2.50. The highest BCUT2D eigenvalue weighted by atomic mass is 35.5. The van der Waals surface area contributed by atoms with E-state index in [1.807, 2.05) is 43.3 Å². The summed E-state index contributed by atoms with van der Waals surface area (Å²) in [5, 5.41) is 12.6. The van der Waals surface area contributed by atoms with Crippen molar-refractivity contribution >= 4 is 17.4 Å². The van der Waals surface area contributed by atoms with E-state index in [1.54, 1.807) is 0 Å². The van der Waals surface area contributed by atoms with Gasteiger partial charge in [-0.15, -0.1) is 0 Å². The van der Waals surface area contributed by atoms with Gasteiger partial charge in [0.25, 0.3) is 0 Å². The second-order valence-electron chi connectivity index (χ2n) is 4.56. The van der Waals surface area contributed by atoms with E-state index in [4.69, 9.17) is 21.4 Å². The molecule has 0 bridgehead atoms. The van der Waals surface area contributed by atoms with Gasteiger partial charge in [0.15, 0.2) is 0 Å². The van der Waals surface area contributed by atoms with Crippen LogP contribution in [0, 0.1) is 0 Å². The van der Waals surface area contributed by atoms with E-state index in [2.05, 4.69) is 10.3 Å². The van der Waals surface area contributed by atoms with Gasteiger partial charge in [0.2, 0.25) is 0 Å². The molecule has 0 fully saturated rings. The highest BCUT2D eigenvalue weighted by Gasteiger charge is 2.05. The monoisotopic (exact) mass is 306 g/mol. The van der Waals surface area contributed by atoms with Gasteiger partial charge in [0.05, 0.1) is 10.7 Å². The van der Waals surface area contributed by atoms with Crippen molar-refractivity contribution < 1.29 is 9.84 Å². The molecule has 0 radical (unpaired) electrons. The van der Waals surface area contributed by atoms with Gasteiger partial charge in [0, 0.05) is 13.2 Å². The Morgan fingerprint density at radius 1 is 1.19 bits per heavy atom. The Bertz CT molecular complexity index is 573. The molecule has 0 aliphatic rings. The molecule has 112 valence electrons. The van der Waals surface area contributed by atoms with Gasteiger partial charge < -0.3 is 15.2 Å². The topological polar surface area (TPSA) is 54.4 Å². The second kappa shape index (κ2) is 7.86. The molecule has 1 heterocycles. The van der Waals surface area contributed by atoms with Gasteiger partial charge in [-0.25, -0.2) is 4.98 Å². The molecule has 0 amide bonds. The third-order valence-corrected chi connectivity index (χ3v) is 3.32. The first-order chi connectivity index (χ1) is 10.2. The molecule has 0 aliphatic heterocycles. The van der Waals surface area contributed by atoms with Gasteiger partial charge in [-0.2, -0.15) is 0 Å². The van der Waals surface area contributed by atoms with Crippen molar-refractivity contribution in [3.05, 3.63) is 52.7 Å². The first-order valence-electron chi connectivity index (χ1n) is 6.95. The van der Waals surface area contributed by atoms with Crippen LogP contribution in [0.3, 0.4) is 0 Å². The van der Waals surface area contributed by atoms with Crippen molar-refractivity contribution in [1.82, 2.24) is 4.98 Å². The third kappa shape index (κ3) is 4.62. The van der Waals surface area contributed by atoms with Crippen LogP contribution in [-0.2, 0) is 13.0 Å². The number of hydrogen-bond donors (Lipinski definition) is 2. The van der Waals surface area contributed by atoms with Crippen molar-refractivity contribution in [2.45, 2.75) is 20.0 Å². The molecule has 4 nitrogen and oxygen atoms in total. The lowest BCUT2D eigenvalue weighted by atomic mass is 10.1. The summed E-state index contributed by atoms with van der Waals surface area (Å²) in [5.41, 5.74) is 1.78. The smallest absolute Gasteiger partial charge is 0.132 e. The van der Waals surface area contributed by atoms with E-state index in [9.17, 15) is 0 Å². The number of aliphatic hydroxyl groups excluding tert-OH is 1. The second-order valence-corrected chi connectivity index (χ2v) is 4.97. The number of halogens is 1. The number of aromatic nitrogens is 1. The van der Waals surface area contributed by atoms with Crippen LogP contribution < -0.4 is 10.1 Å². The molecule has 2 aromatic rings. The van der Waals surface area contributed by atoms with Gasteiger partial charge in [0.1, 0.15) is 18.2 Å². The van der Waals surface area contributed by atoms with E-state index in [0.717, 1.165) is 23.7 Å². The average molecular weight is 307 g/mol. The molecule has 21 heavy (non-hydrogen) atoms. The molecular weight excluding hydrogens is 288 g/mol. The number of aliphatic hydroxyl groups is 1. The van der Waals surface area contributed by atoms with E-state index in [0.29, 0.717) is 23.7 Å². The lowest BCUT2D eigenvalue weighted by molar-refractivity contribution is 0.297. The Hall–Kier alpha value is -1.78. The van der Waals surface area contributed by atoms with Crippen LogP contribution in [0.5, 0.6) is 5.75 Å². The van der Waals surface area contributed by atoms with Crippen LogP contribution in [0.1, 0.15) is 18.2 Å². The number of nitrogens with zero attached hydrogens (tertiary/aromatic N) is 1. The molecular formula is C16H19ClN2O2. The van der Waals surface area contributed by atoms with Crippen LogP contribution in [0.25, 0.3) is 0 Å². The quantitative estimate of drug-likeness (QED) is 0.824. The largest absolute Gasteiger partial charge is 0.487 e. The molecule has 0 spiro atoms. The normalized spacial score (nSPS) is 10.4. The number of hydrogen-bond acceptors (Lipinski definition) is 4. The predicted octanol–water partition coefficient (Wildman–Crippen LogP) is 3.28. The van der Waals surface area contributed by atoms with Gasteiger partial charge in [-0.1, -0.05) is 23.7 Å². The van der Waals surface area contributed by atoms with E-state index in [1.165, 1.54) is 0 Å². The number of ether oxygens (including phenoxy) is 1. The van der Waals surface area contributed by atoms with Crippen molar-refractivity contribution in [2.24, 2.45) is 0 Å². The number of nitrogens with one attached hydrogen (secondary N) is 1. The molecule has 0 saturated carbocycles. The number of anilines is 1. The molecule has 2 N–H and O–H groups in total. The fourth-order valence-corrected chi connectivity index (χ4v) is 2.06. The summed E-state index contributed by atoms with van der Waals surface area (Å²) >= 11 is 6.13. The van der Waals surface area contributed by atoms with Crippen LogP contribution >= 0.6 is 11.6 Å². The lowest BCUT2D eigenvalue weighted by Gasteiger charge is -2.10. The zero-order valence-corrected chi connectivity index (χ0v) is 12.7. The number of pyridine rings is 1. The maximum Gasteiger partial charge on any atom is 0.132 e. The predicted molar refractivity (Wildman–Crippen MR) is 85.0 cm³/mol. The molecule has 2 rings (SSSR count). The fraction of sp³-hybridized carbons (Fsp3) is 0.312. The van der Waals surface area contributed by atoms with E-state index < -0.39 is 0 Å². The van der Waals surface area contributed by atoms with Crippen LogP contribution in [0.15, 0.2) is 36.4 Å². The molecule has 1 aromatic heterocycles. The first-order valence-corrected chi connectivity index (χ1v) is 7.32. The molecule has 0 aliphatic carbocycles. The van der Waals surface area contributed by atoms with Crippen molar-refractivity contribution in [1.29, 1.82) is 0 Å². The van der Waals surface area contributed by atoms with E-state index >= 15 is 0 Å². The van der Waals surface area contributed by atoms with Crippen LogP contribution in [-0.4, -0.2) is 23.2 Å². The fourth-order valence-electron chi connectivity index (χ4n) is 1.90. The molecule has 0 saturated heterocycles. The zero-order chi connectivity index (χ0) is 15.1. The summed E-state index contributed by atoms with van der Waals surface area (Å²) in [6.45, 7) is 3.29. The Morgan fingerprint density at radius 2 is 1.95 bits per heavy atom. The maximum atomic E-state index is 8.88. The zero-order valence-electron chi connectivity index (χ0n) is 12.0. The van der Waals surface area contributed by atoms with E-state index in [-0.39, 0.29) is 6.61 Å². The first kappa shape index (κ1) is 15.6. The summed E-state index contributed by atoms with van der Waals surface area (Å²) in [7, 11) is 0. The van der Waals surface area contributed by atoms with Crippen molar-refractivity contribution in [3.63, 3.8) is 0 Å². The van der Waals surface area contributed by atoms with Crippen LogP contribution in [0.2, 0.25) is 5.02 Å². The lowest BCUT2D eigenvalue weighted by Crippen LogP contribution is -2.04. The Kier molecular flexibility index (Phi) is 5.84. The Balaban J connectivity index is 2.00. The van der Waals surface area contributed by atoms with Gasteiger partial charge in [-0.3, -0.25) is 0 Å². The molecule has 1 aromatic carbocycles. The minimum Gasteiger partial charge on any atom is -0.487 e. The number of rotatable bonds is 7. The Labute approximate surface area is 129 Å². The van der Waals surface area contributed by atoms with Gasteiger partial charge in [-0.05, 0) is 43.2 Å². The summed E-state index contributed by atoms with van der Waals surface area (Å²) in [4.78, 5) is 4.42. The molecule has 0 atom stereocenters. The third-order valence-electron chi connectivity index (χ3n) is 2.98. The SMILES string of the molecule is CCNc1ccc(Cl)c(COc2ccc(CCO)cc2)n1.